The zero-order chi connectivity index (χ0) is 14.7. The Bertz CT molecular complexity index is 751. The van der Waals surface area contributed by atoms with Crippen molar-refractivity contribution in [1.29, 1.82) is 0 Å². The van der Waals surface area contributed by atoms with E-state index < -0.39 is 0 Å². The Morgan fingerprint density at radius 1 is 1.14 bits per heavy atom. The molecule has 0 atom stereocenters. The second-order valence-electron chi connectivity index (χ2n) is 4.83. The van der Waals surface area contributed by atoms with Gasteiger partial charge in [0.2, 0.25) is 0 Å². The first-order valence-electron chi connectivity index (χ1n) is 6.98. The number of halogens is 1. The van der Waals surface area contributed by atoms with E-state index in [4.69, 9.17) is 16.3 Å². The number of H-pyrrole nitrogens is 1. The molecular weight excluding hydrogens is 284 g/mol. The van der Waals surface area contributed by atoms with Crippen molar-refractivity contribution < 1.29 is 4.74 Å². The second-order valence-corrected chi connectivity index (χ2v) is 5.26. The summed E-state index contributed by atoms with van der Waals surface area (Å²) in [6, 6.07) is 14.1. The van der Waals surface area contributed by atoms with Gasteiger partial charge in [-0.2, -0.15) is 0 Å². The molecule has 3 nitrogen and oxygen atoms in total. The van der Waals surface area contributed by atoms with Gasteiger partial charge in [0.1, 0.15) is 5.75 Å². The summed E-state index contributed by atoms with van der Waals surface area (Å²) < 4.78 is 5.61. The average Bonchev–Trinajstić information content (AvgIpc) is 2.95. The van der Waals surface area contributed by atoms with Crippen LogP contribution in [-0.4, -0.2) is 11.6 Å². The molecule has 0 saturated carbocycles. The molecule has 0 aliphatic carbocycles. The fourth-order valence-corrected chi connectivity index (χ4v) is 2.50. The Balaban J connectivity index is 1.78. The quantitative estimate of drug-likeness (QED) is 0.708. The number of hydrogen-bond acceptors (Lipinski definition) is 2. The van der Waals surface area contributed by atoms with E-state index in [1.54, 1.807) is 0 Å². The maximum atomic E-state index is 6.06. The van der Waals surface area contributed by atoms with E-state index in [2.05, 4.69) is 34.6 Å². The van der Waals surface area contributed by atoms with Gasteiger partial charge in [-0.25, -0.2) is 0 Å². The van der Waals surface area contributed by atoms with Gasteiger partial charge in [0.25, 0.3) is 0 Å². The Morgan fingerprint density at radius 3 is 2.90 bits per heavy atom. The minimum Gasteiger partial charge on any atom is -0.492 e. The molecule has 0 aliphatic rings. The molecule has 108 valence electrons. The molecule has 0 saturated heterocycles. The second kappa shape index (κ2) is 6.10. The first kappa shape index (κ1) is 13.8. The van der Waals surface area contributed by atoms with Crippen LogP contribution in [0.5, 0.6) is 5.75 Å². The standard InChI is InChI=1S/C17H17ClN2O/c1-2-21-17-6-4-14(18)10-16(17)20-11-12-3-5-15-13(9-12)7-8-19-15/h3-10,19-20H,2,11H2,1H3. The van der Waals surface area contributed by atoms with E-state index >= 15 is 0 Å². The number of aromatic amines is 1. The van der Waals surface area contributed by atoms with Crippen molar-refractivity contribution in [2.75, 3.05) is 11.9 Å². The highest BCUT2D eigenvalue weighted by atomic mass is 35.5. The molecule has 0 aliphatic heterocycles. The first-order chi connectivity index (χ1) is 10.3. The van der Waals surface area contributed by atoms with Crippen LogP contribution in [0.2, 0.25) is 5.02 Å². The summed E-state index contributed by atoms with van der Waals surface area (Å²) in [6.07, 6.45) is 1.95. The van der Waals surface area contributed by atoms with Crippen LogP contribution in [0.1, 0.15) is 12.5 Å². The third-order valence-corrected chi connectivity index (χ3v) is 3.58. The number of benzene rings is 2. The fraction of sp³-hybridized carbons (Fsp3) is 0.176. The number of ether oxygens (including phenoxy) is 1. The number of anilines is 1. The van der Waals surface area contributed by atoms with Crippen LogP contribution in [0.3, 0.4) is 0 Å². The van der Waals surface area contributed by atoms with Crippen LogP contribution in [0.15, 0.2) is 48.7 Å². The summed E-state index contributed by atoms with van der Waals surface area (Å²) in [7, 11) is 0. The van der Waals surface area contributed by atoms with Crippen molar-refractivity contribution in [2.24, 2.45) is 0 Å². The SMILES string of the molecule is CCOc1ccc(Cl)cc1NCc1ccc2[nH]ccc2c1. The molecule has 0 fully saturated rings. The van der Waals surface area contributed by atoms with E-state index in [0.29, 0.717) is 11.6 Å². The van der Waals surface area contributed by atoms with E-state index in [0.717, 1.165) is 23.5 Å². The zero-order valence-corrected chi connectivity index (χ0v) is 12.6. The Morgan fingerprint density at radius 2 is 2.05 bits per heavy atom. The predicted molar refractivity (Wildman–Crippen MR) is 88.2 cm³/mol. The molecule has 1 aromatic heterocycles. The highest BCUT2D eigenvalue weighted by molar-refractivity contribution is 6.30. The van der Waals surface area contributed by atoms with Crippen molar-refractivity contribution in [3.05, 3.63) is 59.2 Å². The molecule has 0 amide bonds. The first-order valence-corrected chi connectivity index (χ1v) is 7.36. The molecule has 0 unspecified atom stereocenters. The monoisotopic (exact) mass is 300 g/mol. The van der Waals surface area contributed by atoms with Crippen LogP contribution in [0.4, 0.5) is 5.69 Å². The zero-order valence-electron chi connectivity index (χ0n) is 11.8. The molecule has 21 heavy (non-hydrogen) atoms. The predicted octanol–water partition coefficient (Wildman–Crippen LogP) is 4.83. The number of nitrogens with one attached hydrogen (secondary N) is 2. The summed E-state index contributed by atoms with van der Waals surface area (Å²) in [4.78, 5) is 3.20. The molecule has 3 aromatic rings. The Hall–Kier alpha value is -2.13. The molecule has 3 rings (SSSR count). The van der Waals surface area contributed by atoms with E-state index in [-0.39, 0.29) is 0 Å². The molecular formula is C17H17ClN2O. The van der Waals surface area contributed by atoms with Gasteiger partial charge in [0.05, 0.1) is 12.3 Å². The lowest BCUT2D eigenvalue weighted by molar-refractivity contribution is 0.341. The fourth-order valence-electron chi connectivity index (χ4n) is 2.33. The molecule has 0 bridgehead atoms. The van der Waals surface area contributed by atoms with E-state index in [1.807, 2.05) is 31.3 Å². The minimum atomic E-state index is 0.631. The van der Waals surface area contributed by atoms with E-state index in [9.17, 15) is 0 Å². The van der Waals surface area contributed by atoms with Gasteiger partial charge >= 0.3 is 0 Å². The maximum absolute atomic E-state index is 6.06. The number of hydrogen-bond donors (Lipinski definition) is 2. The van der Waals surface area contributed by atoms with Crippen LogP contribution >= 0.6 is 11.6 Å². The van der Waals surface area contributed by atoms with Gasteiger partial charge < -0.3 is 15.0 Å². The molecule has 1 heterocycles. The van der Waals surface area contributed by atoms with Crippen molar-refractivity contribution in [3.63, 3.8) is 0 Å². The largest absolute Gasteiger partial charge is 0.492 e. The lowest BCUT2D eigenvalue weighted by Crippen LogP contribution is -2.02. The van der Waals surface area contributed by atoms with E-state index in [1.165, 1.54) is 10.9 Å². The van der Waals surface area contributed by atoms with Crippen molar-refractivity contribution in [1.82, 2.24) is 4.98 Å². The molecule has 0 radical (unpaired) electrons. The molecule has 0 spiro atoms. The van der Waals surface area contributed by atoms with Crippen LogP contribution in [0, 0.1) is 0 Å². The number of rotatable bonds is 5. The van der Waals surface area contributed by atoms with Crippen LogP contribution in [0.25, 0.3) is 10.9 Å². The molecule has 2 N–H and O–H groups in total. The summed E-state index contributed by atoms with van der Waals surface area (Å²) in [5.41, 5.74) is 3.28. The van der Waals surface area contributed by atoms with Crippen LogP contribution < -0.4 is 10.1 Å². The van der Waals surface area contributed by atoms with Crippen molar-refractivity contribution in [3.8, 4) is 5.75 Å². The summed E-state index contributed by atoms with van der Waals surface area (Å²) in [6.45, 7) is 3.32. The third-order valence-electron chi connectivity index (χ3n) is 3.34. The van der Waals surface area contributed by atoms with Gasteiger partial charge in [0, 0.05) is 23.3 Å². The van der Waals surface area contributed by atoms with Gasteiger partial charge in [-0.05, 0) is 54.3 Å². The molecule has 4 heteroatoms. The average molecular weight is 301 g/mol. The highest BCUT2D eigenvalue weighted by Crippen LogP contribution is 2.28. The van der Waals surface area contributed by atoms with Gasteiger partial charge in [-0.15, -0.1) is 0 Å². The van der Waals surface area contributed by atoms with Crippen molar-refractivity contribution >= 4 is 28.2 Å². The van der Waals surface area contributed by atoms with Gasteiger partial charge in [-0.3, -0.25) is 0 Å². The number of fused-ring (bicyclic) bond motifs is 1. The lowest BCUT2D eigenvalue weighted by Gasteiger charge is -2.13. The maximum Gasteiger partial charge on any atom is 0.142 e. The topological polar surface area (TPSA) is 37.0 Å². The van der Waals surface area contributed by atoms with Crippen molar-refractivity contribution in [2.45, 2.75) is 13.5 Å². The summed E-state index contributed by atoms with van der Waals surface area (Å²) >= 11 is 6.06. The smallest absolute Gasteiger partial charge is 0.142 e. The Kier molecular flexibility index (Phi) is 4.02. The van der Waals surface area contributed by atoms with Gasteiger partial charge in [-0.1, -0.05) is 17.7 Å². The highest BCUT2D eigenvalue weighted by Gasteiger charge is 2.05. The normalized spacial score (nSPS) is 10.8. The Labute approximate surface area is 128 Å². The van der Waals surface area contributed by atoms with Gasteiger partial charge in [0.15, 0.2) is 0 Å². The number of aromatic nitrogens is 1. The minimum absolute atomic E-state index is 0.631. The summed E-state index contributed by atoms with van der Waals surface area (Å²) in [5.74, 6) is 0.824. The summed E-state index contributed by atoms with van der Waals surface area (Å²) in [5, 5.41) is 5.30. The molecule has 2 aromatic carbocycles. The third kappa shape index (κ3) is 3.14. The lowest BCUT2D eigenvalue weighted by atomic mass is 10.1. The van der Waals surface area contributed by atoms with Crippen LogP contribution in [-0.2, 0) is 6.54 Å².